The van der Waals surface area contributed by atoms with Gasteiger partial charge in [-0.15, -0.1) is 0 Å². The smallest absolute Gasteiger partial charge is 0.171 e. The van der Waals surface area contributed by atoms with Gasteiger partial charge in [-0.05, 0) is 41.3 Å². The van der Waals surface area contributed by atoms with E-state index in [4.69, 9.17) is 14.2 Å². The summed E-state index contributed by atoms with van der Waals surface area (Å²) >= 11 is 3.41. The van der Waals surface area contributed by atoms with Gasteiger partial charge in [0.15, 0.2) is 35.0 Å². The van der Waals surface area contributed by atoms with Crippen molar-refractivity contribution in [2.45, 2.75) is 31.9 Å². The number of fused-ring (bicyclic) bond motifs is 1. The molecule has 1 atom stereocenters. The Balaban J connectivity index is 1.84. The number of benzene rings is 1. The van der Waals surface area contributed by atoms with Gasteiger partial charge in [-0.2, -0.15) is 5.10 Å². The minimum Gasteiger partial charge on any atom is -0.494 e. The molecule has 154 valence electrons. The second-order valence-electron chi connectivity index (χ2n) is 6.80. The van der Waals surface area contributed by atoms with Gasteiger partial charge in [0.1, 0.15) is 0 Å². The lowest BCUT2D eigenvalue weighted by atomic mass is 10.1. The van der Waals surface area contributed by atoms with Gasteiger partial charge in [-0.3, -0.25) is 0 Å². The topological polar surface area (TPSA) is 58.4 Å². The Morgan fingerprint density at radius 1 is 1.17 bits per heavy atom. The van der Waals surface area contributed by atoms with Crippen LogP contribution in [0.5, 0.6) is 11.5 Å². The van der Waals surface area contributed by atoms with Crippen LogP contribution in [0, 0.1) is 11.6 Å². The molecule has 1 aliphatic heterocycles. The van der Waals surface area contributed by atoms with E-state index in [1.807, 2.05) is 6.07 Å². The second kappa shape index (κ2) is 8.23. The van der Waals surface area contributed by atoms with Gasteiger partial charge in [-0.1, -0.05) is 0 Å². The van der Waals surface area contributed by atoms with Gasteiger partial charge in [-0.25, -0.2) is 18.4 Å². The van der Waals surface area contributed by atoms with Crippen molar-refractivity contribution in [2.24, 2.45) is 0 Å². The number of rotatable bonds is 5. The van der Waals surface area contributed by atoms with Crippen LogP contribution in [0.15, 0.2) is 22.8 Å². The number of ether oxygens (including phenoxy) is 3. The van der Waals surface area contributed by atoms with Gasteiger partial charge < -0.3 is 14.2 Å². The Labute approximate surface area is 174 Å². The van der Waals surface area contributed by atoms with Gasteiger partial charge in [0.2, 0.25) is 0 Å². The molecule has 9 heteroatoms. The van der Waals surface area contributed by atoms with Crippen molar-refractivity contribution in [1.29, 1.82) is 0 Å². The fourth-order valence-electron chi connectivity index (χ4n) is 3.57. The normalized spacial score (nSPS) is 16.9. The molecule has 3 heterocycles. The first kappa shape index (κ1) is 20.0. The minimum absolute atomic E-state index is 0.0838. The first-order valence-electron chi connectivity index (χ1n) is 9.26. The number of nitrogens with zero attached hydrogens (tertiary/aromatic N) is 3. The average molecular weight is 468 g/mol. The third-order valence-corrected chi connectivity index (χ3v) is 5.46. The Hall–Kier alpha value is -2.26. The van der Waals surface area contributed by atoms with Crippen molar-refractivity contribution in [1.82, 2.24) is 14.8 Å². The standard InChI is InChI=1S/C20H20BrF2N3O3/c1-27-15-9-16(28-2)19(23)13(18(15)22)8-14-12-7-11(21)10-24-20(12)26(25-14)17-5-3-4-6-29-17/h7,9-10,17H,3-6,8H2,1-2H3. The highest BCUT2D eigenvalue weighted by atomic mass is 79.9. The highest BCUT2D eigenvalue weighted by Gasteiger charge is 2.25. The predicted octanol–water partition coefficient (Wildman–Crippen LogP) is 4.78. The van der Waals surface area contributed by atoms with E-state index >= 15 is 0 Å². The van der Waals surface area contributed by atoms with E-state index in [2.05, 4.69) is 26.0 Å². The third kappa shape index (κ3) is 3.69. The van der Waals surface area contributed by atoms with Crippen LogP contribution in [0.1, 0.15) is 36.7 Å². The first-order chi connectivity index (χ1) is 14.0. The fourth-order valence-corrected chi connectivity index (χ4v) is 3.90. The first-order valence-corrected chi connectivity index (χ1v) is 10.1. The number of hydrogen-bond donors (Lipinski definition) is 0. The van der Waals surface area contributed by atoms with E-state index in [-0.39, 0.29) is 29.7 Å². The Bertz CT molecular complexity index is 1020. The molecule has 4 rings (SSSR count). The fraction of sp³-hybridized carbons (Fsp3) is 0.400. The van der Waals surface area contributed by atoms with Crippen molar-refractivity contribution in [3.05, 3.63) is 45.7 Å². The van der Waals surface area contributed by atoms with Crippen LogP contribution in [-0.2, 0) is 11.2 Å². The lowest BCUT2D eigenvalue weighted by molar-refractivity contribution is -0.0372. The average Bonchev–Trinajstić information content (AvgIpc) is 3.09. The summed E-state index contributed by atoms with van der Waals surface area (Å²) in [5.41, 5.74) is 0.944. The summed E-state index contributed by atoms with van der Waals surface area (Å²) in [7, 11) is 2.65. The summed E-state index contributed by atoms with van der Waals surface area (Å²) in [5.74, 6) is -1.72. The number of aromatic nitrogens is 3. The Morgan fingerprint density at radius 2 is 1.90 bits per heavy atom. The summed E-state index contributed by atoms with van der Waals surface area (Å²) in [6.45, 7) is 0.647. The van der Waals surface area contributed by atoms with Gasteiger partial charge >= 0.3 is 0 Å². The van der Waals surface area contributed by atoms with Crippen LogP contribution in [0.3, 0.4) is 0 Å². The van der Waals surface area contributed by atoms with E-state index in [0.717, 1.165) is 23.7 Å². The molecule has 0 aliphatic carbocycles. The van der Waals surface area contributed by atoms with Crippen molar-refractivity contribution in [3.8, 4) is 11.5 Å². The largest absolute Gasteiger partial charge is 0.494 e. The number of hydrogen-bond acceptors (Lipinski definition) is 5. The molecule has 29 heavy (non-hydrogen) atoms. The molecule has 0 saturated carbocycles. The predicted molar refractivity (Wildman–Crippen MR) is 106 cm³/mol. The van der Waals surface area contributed by atoms with Crippen LogP contribution < -0.4 is 9.47 Å². The van der Waals surface area contributed by atoms with Gasteiger partial charge in [0.25, 0.3) is 0 Å². The molecule has 1 saturated heterocycles. The molecule has 0 N–H and O–H groups in total. The van der Waals surface area contributed by atoms with Crippen LogP contribution >= 0.6 is 15.9 Å². The quantitative estimate of drug-likeness (QED) is 0.540. The van der Waals surface area contributed by atoms with Crippen molar-refractivity contribution in [2.75, 3.05) is 20.8 Å². The highest BCUT2D eigenvalue weighted by Crippen LogP contribution is 2.35. The molecular formula is C20H20BrF2N3O3. The monoisotopic (exact) mass is 467 g/mol. The summed E-state index contributed by atoms with van der Waals surface area (Å²) in [5, 5.41) is 5.34. The maximum atomic E-state index is 14.9. The molecule has 0 bridgehead atoms. The zero-order valence-corrected chi connectivity index (χ0v) is 17.6. The van der Waals surface area contributed by atoms with E-state index in [1.54, 1.807) is 10.9 Å². The molecule has 2 aromatic heterocycles. The van der Waals surface area contributed by atoms with Gasteiger partial charge in [0.05, 0.1) is 19.9 Å². The minimum atomic E-state index is -0.773. The second-order valence-corrected chi connectivity index (χ2v) is 7.72. The molecule has 1 fully saturated rings. The maximum absolute atomic E-state index is 14.9. The summed E-state index contributed by atoms with van der Waals surface area (Å²) in [4.78, 5) is 4.47. The summed E-state index contributed by atoms with van der Waals surface area (Å²) in [6.07, 6.45) is 4.17. The van der Waals surface area contributed by atoms with Crippen LogP contribution in [0.2, 0.25) is 0 Å². The van der Waals surface area contributed by atoms with E-state index in [0.29, 0.717) is 23.3 Å². The molecule has 0 spiro atoms. The molecule has 1 aromatic carbocycles. The molecule has 1 aliphatic rings. The third-order valence-electron chi connectivity index (χ3n) is 5.03. The number of halogens is 3. The lowest BCUT2D eigenvalue weighted by Gasteiger charge is -2.23. The summed E-state index contributed by atoms with van der Waals surface area (Å²) in [6, 6.07) is 3.04. The van der Waals surface area contributed by atoms with Crippen molar-refractivity contribution >= 4 is 27.0 Å². The van der Waals surface area contributed by atoms with E-state index in [1.165, 1.54) is 20.3 Å². The molecule has 6 nitrogen and oxygen atoms in total. The summed E-state index contributed by atoms with van der Waals surface area (Å²) < 4.78 is 48.1. The van der Waals surface area contributed by atoms with E-state index in [9.17, 15) is 8.78 Å². The zero-order valence-electron chi connectivity index (χ0n) is 16.0. The zero-order chi connectivity index (χ0) is 20.5. The SMILES string of the molecule is COc1cc(OC)c(F)c(Cc2nn(C3CCCCO3)c3ncc(Br)cc23)c1F. The van der Waals surface area contributed by atoms with Crippen molar-refractivity contribution < 1.29 is 23.0 Å². The molecule has 1 unspecified atom stereocenters. The lowest BCUT2D eigenvalue weighted by Crippen LogP contribution is -2.19. The number of methoxy groups -OCH3 is 2. The van der Waals surface area contributed by atoms with E-state index < -0.39 is 11.6 Å². The van der Waals surface area contributed by atoms with Gasteiger partial charge in [0, 0.05) is 40.7 Å². The Kier molecular flexibility index (Phi) is 5.69. The molecule has 0 radical (unpaired) electrons. The highest BCUT2D eigenvalue weighted by molar-refractivity contribution is 9.10. The van der Waals surface area contributed by atoms with Crippen LogP contribution in [0.4, 0.5) is 8.78 Å². The number of pyridine rings is 1. The van der Waals surface area contributed by atoms with Crippen molar-refractivity contribution in [3.63, 3.8) is 0 Å². The van der Waals surface area contributed by atoms with Crippen LogP contribution in [0.25, 0.3) is 11.0 Å². The molecule has 3 aromatic rings. The Morgan fingerprint density at radius 3 is 2.52 bits per heavy atom. The maximum Gasteiger partial charge on any atom is 0.171 e. The van der Waals surface area contributed by atoms with Crippen LogP contribution in [-0.4, -0.2) is 35.6 Å². The molecular weight excluding hydrogens is 448 g/mol. The molecule has 0 amide bonds.